The number of imide groups is 1. The van der Waals surface area contributed by atoms with Crippen molar-refractivity contribution in [3.05, 3.63) is 69.7 Å². The fourth-order valence-electron chi connectivity index (χ4n) is 6.18. The fraction of sp³-hybridized carbons (Fsp3) is 0.448. The molecule has 0 unspecified atom stereocenters. The van der Waals surface area contributed by atoms with Gasteiger partial charge in [-0.2, -0.15) is 26.3 Å². The average Bonchev–Trinajstić information content (AvgIpc) is 3.58. The van der Waals surface area contributed by atoms with Gasteiger partial charge in [-0.1, -0.05) is 11.1 Å². The summed E-state index contributed by atoms with van der Waals surface area (Å²) in [5.74, 6) is -2.95. The third kappa shape index (κ3) is 5.46. The van der Waals surface area contributed by atoms with Crippen LogP contribution in [0.1, 0.15) is 55.8 Å². The summed E-state index contributed by atoms with van der Waals surface area (Å²) >= 11 is 0. The number of benzene rings is 1. The molecule has 12 heteroatoms. The van der Waals surface area contributed by atoms with Crippen LogP contribution in [-0.2, 0) is 33.3 Å². The second-order valence-electron chi connectivity index (χ2n) is 10.8. The third-order valence-electron chi connectivity index (χ3n) is 8.01. The molecule has 0 radical (unpaired) electrons. The lowest BCUT2D eigenvalue weighted by atomic mass is 9.70. The van der Waals surface area contributed by atoms with Crippen LogP contribution in [0.3, 0.4) is 0 Å². The Bertz CT molecular complexity index is 1400. The Morgan fingerprint density at radius 2 is 1.68 bits per heavy atom. The van der Waals surface area contributed by atoms with Crippen LogP contribution in [0.15, 0.2) is 51.5 Å². The van der Waals surface area contributed by atoms with Crippen LogP contribution < -0.4 is 4.90 Å². The first-order chi connectivity index (χ1) is 19.2. The molecule has 1 aromatic carbocycles. The highest BCUT2D eigenvalue weighted by Crippen LogP contribution is 2.51. The molecule has 3 heterocycles. The standard InChI is InChI=1S/C29H27F6NO5/c1-14(7-19-4-5-20(12-37)41-19)3-6-23-24-15(2)8-21-25(22(24)13-40-23)27(39)36(26(21)38)18-10-16(28(30,31)32)9-17(11-18)29(33,34)35/h4-5,7,9-11,21-23,25,37H,3,6,8,12-13H2,1-2H3/b14-7+/t21-,22+,23-,25-/m1/s1. The quantitative estimate of drug-likeness (QED) is 0.238. The van der Waals surface area contributed by atoms with Gasteiger partial charge in [-0.05, 0) is 75.1 Å². The number of halogens is 6. The SMILES string of the molecule is CC1=C2[C@@H](CC/C(C)=C/c3ccc(CO)o3)OC[C@@H]2[C@@H]2C(=O)N(c3cc(C(F)(F)F)cc(C(F)(F)F)c3)C(=O)[C@@H]2C1. The third-order valence-corrected chi connectivity index (χ3v) is 8.01. The molecule has 220 valence electrons. The minimum absolute atomic E-state index is 0.0331. The Hall–Kier alpha value is -3.38. The highest BCUT2D eigenvalue weighted by molar-refractivity contribution is 6.22. The van der Waals surface area contributed by atoms with E-state index in [1.807, 2.05) is 19.9 Å². The van der Waals surface area contributed by atoms with Gasteiger partial charge < -0.3 is 14.3 Å². The molecule has 2 aromatic rings. The monoisotopic (exact) mass is 583 g/mol. The summed E-state index contributed by atoms with van der Waals surface area (Å²) in [7, 11) is 0. The second-order valence-corrected chi connectivity index (χ2v) is 10.8. The first-order valence-electron chi connectivity index (χ1n) is 13.0. The van der Waals surface area contributed by atoms with Crippen molar-refractivity contribution in [2.24, 2.45) is 17.8 Å². The van der Waals surface area contributed by atoms with Gasteiger partial charge in [-0.25, -0.2) is 4.90 Å². The average molecular weight is 584 g/mol. The van der Waals surface area contributed by atoms with E-state index in [2.05, 4.69) is 0 Å². The molecule has 0 bridgehead atoms. The van der Waals surface area contributed by atoms with Crippen molar-refractivity contribution >= 4 is 23.6 Å². The van der Waals surface area contributed by atoms with Gasteiger partial charge in [0.05, 0.1) is 41.4 Å². The molecule has 1 aromatic heterocycles. The Labute approximate surface area is 231 Å². The summed E-state index contributed by atoms with van der Waals surface area (Å²) in [5.41, 5.74) is -1.25. The van der Waals surface area contributed by atoms with Crippen LogP contribution >= 0.6 is 0 Å². The van der Waals surface area contributed by atoms with Crippen molar-refractivity contribution in [2.75, 3.05) is 11.5 Å². The molecule has 2 fully saturated rings. The summed E-state index contributed by atoms with van der Waals surface area (Å²) in [4.78, 5) is 27.4. The Balaban J connectivity index is 1.38. The highest BCUT2D eigenvalue weighted by Gasteiger charge is 2.57. The summed E-state index contributed by atoms with van der Waals surface area (Å²) in [6.07, 6.45) is -7.41. The Morgan fingerprint density at radius 1 is 1.02 bits per heavy atom. The second kappa shape index (κ2) is 10.5. The number of ether oxygens (including phenoxy) is 1. The molecule has 2 amide bonds. The normalized spacial score (nSPS) is 25.3. The summed E-state index contributed by atoms with van der Waals surface area (Å²) in [6.45, 7) is 3.62. The van der Waals surface area contributed by atoms with Crippen molar-refractivity contribution in [3.8, 4) is 0 Å². The minimum Gasteiger partial charge on any atom is -0.459 e. The van der Waals surface area contributed by atoms with Crippen LogP contribution in [0.25, 0.3) is 6.08 Å². The van der Waals surface area contributed by atoms with Gasteiger partial charge in [0.25, 0.3) is 0 Å². The van der Waals surface area contributed by atoms with E-state index in [4.69, 9.17) is 14.3 Å². The number of hydrogen-bond acceptors (Lipinski definition) is 5. The lowest BCUT2D eigenvalue weighted by molar-refractivity contribution is -0.143. The van der Waals surface area contributed by atoms with Gasteiger partial charge >= 0.3 is 12.4 Å². The predicted molar refractivity (Wildman–Crippen MR) is 134 cm³/mol. The number of alkyl halides is 6. The van der Waals surface area contributed by atoms with Gasteiger partial charge in [-0.3, -0.25) is 9.59 Å². The maximum absolute atomic E-state index is 13.6. The summed E-state index contributed by atoms with van der Waals surface area (Å²) in [5, 5.41) is 9.16. The van der Waals surface area contributed by atoms with Crippen molar-refractivity contribution < 1.29 is 50.2 Å². The van der Waals surface area contributed by atoms with Gasteiger partial charge in [0, 0.05) is 5.92 Å². The molecule has 1 N–H and O–H groups in total. The molecule has 5 rings (SSSR count). The number of carbonyl (C=O) groups excluding carboxylic acids is 2. The molecule has 1 aliphatic carbocycles. The Kier molecular flexibility index (Phi) is 7.44. The van der Waals surface area contributed by atoms with E-state index in [-0.39, 0.29) is 31.8 Å². The molecule has 2 aliphatic heterocycles. The van der Waals surface area contributed by atoms with E-state index in [0.717, 1.165) is 16.7 Å². The first kappa shape index (κ1) is 29.1. The predicted octanol–water partition coefficient (Wildman–Crippen LogP) is 6.53. The first-order valence-corrected chi connectivity index (χ1v) is 13.0. The lowest BCUT2D eigenvalue weighted by Gasteiger charge is -2.30. The van der Waals surface area contributed by atoms with Gasteiger partial charge in [0.2, 0.25) is 11.8 Å². The van der Waals surface area contributed by atoms with Crippen molar-refractivity contribution in [1.29, 1.82) is 0 Å². The van der Waals surface area contributed by atoms with Crippen molar-refractivity contribution in [1.82, 2.24) is 0 Å². The number of rotatable bonds is 6. The summed E-state index contributed by atoms with van der Waals surface area (Å²) in [6, 6.07) is 4.20. The molecule has 0 saturated carbocycles. The smallest absolute Gasteiger partial charge is 0.416 e. The molecule has 41 heavy (non-hydrogen) atoms. The number of carbonyl (C=O) groups is 2. The van der Waals surface area contributed by atoms with E-state index in [9.17, 15) is 35.9 Å². The van der Waals surface area contributed by atoms with Gasteiger partial charge in [-0.15, -0.1) is 0 Å². The number of hydrogen-bond donors (Lipinski definition) is 1. The van der Waals surface area contributed by atoms with Crippen molar-refractivity contribution in [2.45, 2.75) is 58.2 Å². The number of furan rings is 1. The minimum atomic E-state index is -5.11. The van der Waals surface area contributed by atoms with E-state index >= 15 is 0 Å². The molecule has 3 aliphatic rings. The lowest BCUT2D eigenvalue weighted by Crippen LogP contribution is -2.34. The number of amides is 2. The van der Waals surface area contributed by atoms with E-state index in [0.29, 0.717) is 41.4 Å². The zero-order chi connectivity index (χ0) is 29.9. The van der Waals surface area contributed by atoms with E-state index in [1.165, 1.54) is 0 Å². The Morgan fingerprint density at radius 3 is 2.27 bits per heavy atom. The number of aliphatic hydroxyl groups excluding tert-OH is 1. The topological polar surface area (TPSA) is 80.0 Å². The van der Waals surface area contributed by atoms with Gasteiger partial charge in [0.1, 0.15) is 18.1 Å². The number of fused-ring (bicyclic) bond motifs is 3. The van der Waals surface area contributed by atoms with Crippen LogP contribution in [0.4, 0.5) is 32.0 Å². The van der Waals surface area contributed by atoms with Gasteiger partial charge in [0.15, 0.2) is 0 Å². The van der Waals surface area contributed by atoms with E-state index in [1.54, 1.807) is 12.1 Å². The molecular weight excluding hydrogens is 556 g/mol. The number of aliphatic hydroxyl groups is 1. The fourth-order valence-corrected chi connectivity index (χ4v) is 6.18. The summed E-state index contributed by atoms with van der Waals surface area (Å²) < 4.78 is 92.2. The number of nitrogens with zero attached hydrogens (tertiary/aromatic N) is 1. The zero-order valence-corrected chi connectivity index (χ0v) is 22.1. The molecule has 2 saturated heterocycles. The maximum atomic E-state index is 13.6. The zero-order valence-electron chi connectivity index (χ0n) is 22.1. The van der Waals surface area contributed by atoms with Crippen LogP contribution in [0.2, 0.25) is 0 Å². The largest absolute Gasteiger partial charge is 0.459 e. The van der Waals surface area contributed by atoms with Crippen molar-refractivity contribution in [3.63, 3.8) is 0 Å². The van der Waals surface area contributed by atoms with E-state index < -0.39 is 58.7 Å². The molecule has 6 nitrogen and oxygen atoms in total. The van der Waals surface area contributed by atoms with Crippen LogP contribution in [0.5, 0.6) is 0 Å². The molecule has 4 atom stereocenters. The van der Waals surface area contributed by atoms with Crippen LogP contribution in [0, 0.1) is 17.8 Å². The van der Waals surface area contributed by atoms with Crippen LogP contribution in [-0.4, -0.2) is 29.6 Å². The number of allylic oxidation sites excluding steroid dienone is 2. The number of anilines is 1. The molecule has 0 spiro atoms. The maximum Gasteiger partial charge on any atom is 0.416 e. The highest BCUT2D eigenvalue weighted by atomic mass is 19.4. The molecular formula is C29H27F6NO5.